The lowest BCUT2D eigenvalue weighted by atomic mass is 10.1. The van der Waals surface area contributed by atoms with Crippen LogP contribution in [0.25, 0.3) is 38.8 Å². The average molecular weight is 581 g/mol. The fourth-order valence-corrected chi connectivity index (χ4v) is 5.78. The highest BCUT2D eigenvalue weighted by Crippen LogP contribution is 2.35. The van der Waals surface area contributed by atoms with Crippen LogP contribution in [-0.2, 0) is 20.1 Å². The van der Waals surface area contributed by atoms with Crippen LogP contribution in [0.3, 0.4) is 0 Å². The Kier molecular flexibility index (Phi) is 7.25. The first-order chi connectivity index (χ1) is 20.1. The van der Waals surface area contributed by atoms with E-state index < -0.39 is 0 Å². The third-order valence-corrected chi connectivity index (χ3v) is 7.69. The van der Waals surface area contributed by atoms with Gasteiger partial charge in [0, 0.05) is 59.9 Å². The molecule has 0 spiro atoms. The number of hydrogen-bond donors (Lipinski definition) is 2. The molecule has 1 aliphatic heterocycles. The van der Waals surface area contributed by atoms with Gasteiger partial charge in [-0.1, -0.05) is 42.5 Å². The smallest absolute Gasteiger partial charge is 0.331 e. The fourth-order valence-electron chi connectivity index (χ4n) is 5.78. The van der Waals surface area contributed by atoms with Gasteiger partial charge in [-0.3, -0.25) is 9.55 Å². The standard InChI is InChI=1S/C32H28N6O3.ClH/c1-36-19-28(23-8-3-4-9-26(23)36)38-31(25(16-33)35-32(38)39)24-18-37(27-10-5-2-7-22(24)27)14-6-13-34-17-21-11-12-29-30(15-21)41-20-40-29;/h2-5,7-12,15,18-19,34H,6,13-14,17,20H2,1H3,(H,35,39);1H. The quantitative estimate of drug-likeness (QED) is 0.232. The number of imidazole rings is 1. The van der Waals surface area contributed by atoms with Crippen LogP contribution in [0.1, 0.15) is 17.7 Å². The molecular weight excluding hydrogens is 552 g/mol. The Labute approximate surface area is 247 Å². The van der Waals surface area contributed by atoms with Crippen LogP contribution in [0.15, 0.2) is 83.9 Å². The van der Waals surface area contributed by atoms with Crippen LogP contribution in [0.2, 0.25) is 0 Å². The minimum Gasteiger partial charge on any atom is -0.454 e. The zero-order valence-electron chi connectivity index (χ0n) is 23.0. The lowest BCUT2D eigenvalue weighted by Crippen LogP contribution is -2.16. The molecule has 42 heavy (non-hydrogen) atoms. The molecule has 7 rings (SSSR count). The Morgan fingerprint density at radius 2 is 1.74 bits per heavy atom. The number of rotatable bonds is 8. The summed E-state index contributed by atoms with van der Waals surface area (Å²) in [6.07, 6.45) is 4.90. The van der Waals surface area contributed by atoms with Crippen LogP contribution in [0.5, 0.6) is 11.5 Å². The predicted molar refractivity (Wildman–Crippen MR) is 165 cm³/mol. The summed E-state index contributed by atoms with van der Waals surface area (Å²) in [5.41, 5.74) is 5.28. The first kappa shape index (κ1) is 27.3. The summed E-state index contributed by atoms with van der Waals surface area (Å²) in [5, 5.41) is 15.5. The van der Waals surface area contributed by atoms with Gasteiger partial charge in [-0.25, -0.2) is 4.79 Å². The van der Waals surface area contributed by atoms with Crippen LogP contribution >= 0.6 is 12.4 Å². The first-order valence-electron chi connectivity index (χ1n) is 13.6. The minimum atomic E-state index is -0.336. The summed E-state index contributed by atoms with van der Waals surface area (Å²) in [6, 6.07) is 24.3. The van der Waals surface area contributed by atoms with E-state index in [1.807, 2.05) is 78.5 Å². The van der Waals surface area contributed by atoms with E-state index in [9.17, 15) is 10.1 Å². The summed E-state index contributed by atoms with van der Waals surface area (Å²) >= 11 is 0. The van der Waals surface area contributed by atoms with Gasteiger partial charge in [-0.15, -0.1) is 12.4 Å². The topological polar surface area (TPSA) is 102 Å². The van der Waals surface area contributed by atoms with Gasteiger partial charge >= 0.3 is 5.69 Å². The normalized spacial score (nSPS) is 12.1. The zero-order chi connectivity index (χ0) is 27.9. The van der Waals surface area contributed by atoms with Crippen molar-refractivity contribution in [2.45, 2.75) is 19.5 Å². The van der Waals surface area contributed by atoms with E-state index >= 15 is 0 Å². The summed E-state index contributed by atoms with van der Waals surface area (Å²) in [6.45, 7) is 2.61. The molecule has 6 aromatic rings. The second-order valence-corrected chi connectivity index (χ2v) is 10.2. The van der Waals surface area contributed by atoms with Gasteiger partial charge in [0.25, 0.3) is 0 Å². The van der Waals surface area contributed by atoms with E-state index in [2.05, 4.69) is 33.2 Å². The third kappa shape index (κ3) is 4.61. The number of nitrogens with zero attached hydrogens (tertiary/aromatic N) is 4. The lowest BCUT2D eigenvalue weighted by molar-refractivity contribution is 0.174. The van der Waals surface area contributed by atoms with Crippen LogP contribution in [-0.4, -0.2) is 32.0 Å². The van der Waals surface area contributed by atoms with Gasteiger partial charge in [0.2, 0.25) is 6.79 Å². The molecule has 0 radical (unpaired) electrons. The van der Waals surface area contributed by atoms with Crippen LogP contribution in [0.4, 0.5) is 0 Å². The molecule has 3 aromatic carbocycles. The minimum absolute atomic E-state index is 0. The molecule has 0 fully saturated rings. The maximum Gasteiger partial charge on any atom is 0.331 e. The Balaban J connectivity index is 0.00000316. The fraction of sp³-hybridized carbons (Fsp3) is 0.188. The number of fused-ring (bicyclic) bond motifs is 3. The number of nitriles is 1. The van der Waals surface area contributed by atoms with Crippen molar-refractivity contribution >= 4 is 34.2 Å². The van der Waals surface area contributed by atoms with E-state index in [4.69, 9.17) is 9.47 Å². The number of ether oxygens (including phenoxy) is 2. The average Bonchev–Trinajstić information content (AvgIpc) is 3.76. The van der Waals surface area contributed by atoms with Crippen molar-refractivity contribution in [1.29, 1.82) is 5.26 Å². The van der Waals surface area contributed by atoms with Crippen molar-refractivity contribution in [3.8, 4) is 34.5 Å². The van der Waals surface area contributed by atoms with E-state index in [-0.39, 0.29) is 30.6 Å². The summed E-state index contributed by atoms with van der Waals surface area (Å²) < 4.78 is 16.7. The molecule has 2 N–H and O–H groups in total. The molecule has 0 amide bonds. The Morgan fingerprint density at radius 1 is 0.976 bits per heavy atom. The van der Waals surface area contributed by atoms with E-state index in [1.165, 1.54) is 0 Å². The monoisotopic (exact) mass is 580 g/mol. The number of hydrogen-bond acceptors (Lipinski definition) is 5. The van der Waals surface area contributed by atoms with E-state index in [1.54, 1.807) is 4.57 Å². The Hall–Kier alpha value is -4.91. The predicted octanol–water partition coefficient (Wildman–Crippen LogP) is 5.48. The van der Waals surface area contributed by atoms with Crippen LogP contribution < -0.4 is 20.5 Å². The SMILES string of the molecule is Cl.Cn1cc(-n2c(-c3cn(CCCNCc4ccc5c(c4)OCO5)c4ccccc34)c(C#N)[nH]c2=O)c2ccccc21. The molecule has 212 valence electrons. The molecule has 0 saturated heterocycles. The molecule has 4 heterocycles. The van der Waals surface area contributed by atoms with Crippen molar-refractivity contribution < 1.29 is 9.47 Å². The second kappa shape index (κ2) is 11.2. The van der Waals surface area contributed by atoms with Crippen molar-refractivity contribution in [3.05, 3.63) is 101 Å². The third-order valence-electron chi connectivity index (χ3n) is 7.69. The van der Waals surface area contributed by atoms with E-state index in [0.717, 1.165) is 76.2 Å². The first-order valence-corrected chi connectivity index (χ1v) is 13.6. The molecule has 10 heteroatoms. The summed E-state index contributed by atoms with van der Waals surface area (Å²) in [7, 11) is 1.96. The van der Waals surface area contributed by atoms with Gasteiger partial charge < -0.3 is 23.9 Å². The molecule has 0 atom stereocenters. The van der Waals surface area contributed by atoms with Crippen LogP contribution in [0, 0.1) is 11.3 Å². The molecule has 0 unspecified atom stereocenters. The molecule has 0 saturated carbocycles. The Bertz CT molecular complexity index is 2030. The van der Waals surface area contributed by atoms with Gasteiger partial charge in [0.05, 0.1) is 11.4 Å². The molecule has 9 nitrogen and oxygen atoms in total. The van der Waals surface area contributed by atoms with Crippen molar-refractivity contribution in [2.24, 2.45) is 7.05 Å². The largest absolute Gasteiger partial charge is 0.454 e. The summed E-state index contributed by atoms with van der Waals surface area (Å²) in [4.78, 5) is 16.1. The van der Waals surface area contributed by atoms with Crippen molar-refractivity contribution in [3.63, 3.8) is 0 Å². The zero-order valence-corrected chi connectivity index (χ0v) is 23.8. The number of aryl methyl sites for hydroxylation is 2. The van der Waals surface area contributed by atoms with Crippen molar-refractivity contribution in [1.82, 2.24) is 24.0 Å². The molecular formula is C32H29ClN6O3. The molecule has 0 bridgehead atoms. The van der Waals surface area contributed by atoms with Gasteiger partial charge in [0.15, 0.2) is 11.5 Å². The number of benzene rings is 3. The maximum absolute atomic E-state index is 13.3. The number of aromatic amines is 1. The Morgan fingerprint density at radius 3 is 2.57 bits per heavy atom. The van der Waals surface area contributed by atoms with Gasteiger partial charge in [-0.2, -0.15) is 5.26 Å². The van der Waals surface area contributed by atoms with Gasteiger partial charge in [-0.05, 0) is 42.8 Å². The second-order valence-electron chi connectivity index (χ2n) is 10.2. The summed E-state index contributed by atoms with van der Waals surface area (Å²) in [5.74, 6) is 1.58. The lowest BCUT2D eigenvalue weighted by Gasteiger charge is -2.08. The molecule has 0 aliphatic carbocycles. The van der Waals surface area contributed by atoms with Crippen molar-refractivity contribution in [2.75, 3.05) is 13.3 Å². The highest BCUT2D eigenvalue weighted by atomic mass is 35.5. The maximum atomic E-state index is 13.3. The van der Waals surface area contributed by atoms with Gasteiger partial charge in [0.1, 0.15) is 11.8 Å². The highest BCUT2D eigenvalue weighted by Gasteiger charge is 2.23. The number of para-hydroxylation sites is 2. The molecule has 3 aromatic heterocycles. The number of aromatic nitrogens is 4. The molecule has 1 aliphatic rings. The highest BCUT2D eigenvalue weighted by molar-refractivity contribution is 5.98. The number of halogens is 1. The number of nitrogens with one attached hydrogen (secondary N) is 2. The van der Waals surface area contributed by atoms with E-state index in [0.29, 0.717) is 5.69 Å². The number of H-pyrrole nitrogens is 1.